The molecule has 0 amide bonds. The molecule has 7 heteroatoms. The van der Waals surface area contributed by atoms with Crippen LogP contribution in [0, 0.1) is 12.3 Å². The number of aryl methyl sites for hydroxylation is 1. The minimum absolute atomic E-state index is 0.155. The Morgan fingerprint density at radius 2 is 1.92 bits per heavy atom. The van der Waals surface area contributed by atoms with Gasteiger partial charge in [0.1, 0.15) is 5.82 Å². The highest BCUT2D eigenvalue weighted by molar-refractivity contribution is 6.04. The highest BCUT2D eigenvalue weighted by atomic mass is 16.7. The standard InChI is InChI=1S/C15H23N5O2.C2H6/c1-10-12(13(16)17-2)14(18-3)20(19-10)11-4-6-15(7-5-11)21-8-9-22-15;1-2/h11,16,18H,2,4-9H2,1,3H3;1-2H3. The predicted molar refractivity (Wildman–Crippen MR) is 96.4 cm³/mol. The van der Waals surface area contributed by atoms with Gasteiger partial charge in [0.2, 0.25) is 0 Å². The van der Waals surface area contributed by atoms with Crippen LogP contribution in [-0.4, -0.2) is 48.4 Å². The molecule has 0 unspecified atom stereocenters. The van der Waals surface area contributed by atoms with Gasteiger partial charge in [-0.05, 0) is 26.5 Å². The minimum atomic E-state index is -0.364. The van der Waals surface area contributed by atoms with Gasteiger partial charge in [0.05, 0.1) is 30.5 Å². The number of amidine groups is 1. The Morgan fingerprint density at radius 1 is 1.33 bits per heavy atom. The zero-order valence-electron chi connectivity index (χ0n) is 15.2. The molecule has 2 heterocycles. The van der Waals surface area contributed by atoms with Crippen molar-refractivity contribution in [3.63, 3.8) is 0 Å². The number of nitrogens with zero attached hydrogens (tertiary/aromatic N) is 3. The first kappa shape index (κ1) is 18.6. The lowest BCUT2D eigenvalue weighted by atomic mass is 9.90. The molecule has 2 fully saturated rings. The maximum absolute atomic E-state index is 7.96. The first-order valence-corrected chi connectivity index (χ1v) is 8.70. The Kier molecular flexibility index (Phi) is 6.12. The molecule has 1 aromatic rings. The van der Waals surface area contributed by atoms with Crippen molar-refractivity contribution in [2.45, 2.75) is 58.3 Å². The van der Waals surface area contributed by atoms with E-state index in [9.17, 15) is 0 Å². The summed E-state index contributed by atoms with van der Waals surface area (Å²) < 4.78 is 13.6. The fourth-order valence-corrected chi connectivity index (χ4v) is 3.49. The number of ether oxygens (including phenoxy) is 2. The molecule has 7 nitrogen and oxygen atoms in total. The smallest absolute Gasteiger partial charge is 0.168 e. The summed E-state index contributed by atoms with van der Waals surface area (Å²) in [6.07, 6.45) is 3.66. The van der Waals surface area contributed by atoms with Crippen LogP contribution in [0.2, 0.25) is 0 Å². The van der Waals surface area contributed by atoms with Gasteiger partial charge in [-0.15, -0.1) is 0 Å². The SMILES string of the molecule is C=NC(=N)c1c(C)nn(C2CCC3(CC2)OCCO3)c1NC.CC. The summed E-state index contributed by atoms with van der Waals surface area (Å²) in [4.78, 5) is 3.74. The Labute approximate surface area is 143 Å². The van der Waals surface area contributed by atoms with E-state index in [1.807, 2.05) is 32.5 Å². The second-order valence-electron chi connectivity index (χ2n) is 5.85. The van der Waals surface area contributed by atoms with Gasteiger partial charge >= 0.3 is 0 Å². The molecular weight excluding hydrogens is 306 g/mol. The van der Waals surface area contributed by atoms with Crippen molar-refractivity contribution < 1.29 is 9.47 Å². The van der Waals surface area contributed by atoms with Crippen molar-refractivity contribution in [1.29, 1.82) is 5.41 Å². The Balaban J connectivity index is 0.00000100. The second kappa shape index (κ2) is 7.90. The first-order valence-electron chi connectivity index (χ1n) is 8.70. The number of hydrogen-bond acceptors (Lipinski definition) is 5. The van der Waals surface area contributed by atoms with Crippen LogP contribution in [-0.2, 0) is 9.47 Å². The van der Waals surface area contributed by atoms with E-state index in [4.69, 9.17) is 14.9 Å². The summed E-state index contributed by atoms with van der Waals surface area (Å²) in [6.45, 7) is 10.7. The van der Waals surface area contributed by atoms with Crippen LogP contribution in [0.25, 0.3) is 0 Å². The maximum atomic E-state index is 7.96. The molecule has 1 aliphatic carbocycles. The molecule has 24 heavy (non-hydrogen) atoms. The number of aromatic nitrogens is 2. The van der Waals surface area contributed by atoms with Gasteiger partial charge in [-0.1, -0.05) is 13.8 Å². The molecule has 0 radical (unpaired) electrons. The zero-order valence-corrected chi connectivity index (χ0v) is 15.2. The molecule has 3 rings (SSSR count). The van der Waals surface area contributed by atoms with Gasteiger partial charge in [-0.3, -0.25) is 5.41 Å². The number of aliphatic imine (C=N–C) groups is 1. The third-order valence-corrected chi connectivity index (χ3v) is 4.59. The normalized spacial score (nSPS) is 19.7. The van der Waals surface area contributed by atoms with E-state index in [2.05, 4.69) is 22.1 Å². The number of hydrogen-bond donors (Lipinski definition) is 2. The van der Waals surface area contributed by atoms with Crippen molar-refractivity contribution >= 4 is 18.4 Å². The molecule has 2 aliphatic rings. The molecule has 134 valence electrons. The van der Waals surface area contributed by atoms with Gasteiger partial charge in [0.25, 0.3) is 0 Å². The van der Waals surface area contributed by atoms with Crippen molar-refractivity contribution in [2.24, 2.45) is 4.99 Å². The quantitative estimate of drug-likeness (QED) is 0.656. The molecule has 2 N–H and O–H groups in total. The molecule has 0 aromatic carbocycles. The molecule has 1 saturated heterocycles. The fourth-order valence-electron chi connectivity index (χ4n) is 3.49. The van der Waals surface area contributed by atoms with Gasteiger partial charge in [-0.25, -0.2) is 9.67 Å². The van der Waals surface area contributed by atoms with Crippen LogP contribution in [0.4, 0.5) is 5.82 Å². The van der Waals surface area contributed by atoms with Gasteiger partial charge in [0.15, 0.2) is 11.6 Å². The van der Waals surface area contributed by atoms with Crippen LogP contribution in [0.3, 0.4) is 0 Å². The van der Waals surface area contributed by atoms with Crippen LogP contribution >= 0.6 is 0 Å². The van der Waals surface area contributed by atoms with Crippen molar-refractivity contribution in [3.8, 4) is 0 Å². The largest absolute Gasteiger partial charge is 0.373 e. The monoisotopic (exact) mass is 335 g/mol. The molecular formula is C17H29N5O2. The number of nitrogens with one attached hydrogen (secondary N) is 2. The van der Waals surface area contributed by atoms with E-state index in [-0.39, 0.29) is 17.7 Å². The van der Waals surface area contributed by atoms with Gasteiger partial charge in [0, 0.05) is 19.9 Å². The van der Waals surface area contributed by atoms with Crippen LogP contribution in [0.1, 0.15) is 56.8 Å². The van der Waals surface area contributed by atoms with Crippen molar-refractivity contribution in [3.05, 3.63) is 11.3 Å². The average molecular weight is 335 g/mol. The lowest BCUT2D eigenvalue weighted by Crippen LogP contribution is -2.36. The van der Waals surface area contributed by atoms with Crippen molar-refractivity contribution in [2.75, 3.05) is 25.6 Å². The summed E-state index contributed by atoms with van der Waals surface area (Å²) in [5.41, 5.74) is 1.53. The van der Waals surface area contributed by atoms with E-state index in [0.717, 1.165) is 42.8 Å². The third kappa shape index (κ3) is 3.37. The van der Waals surface area contributed by atoms with E-state index < -0.39 is 0 Å². The van der Waals surface area contributed by atoms with E-state index in [1.165, 1.54) is 0 Å². The minimum Gasteiger partial charge on any atom is -0.373 e. The van der Waals surface area contributed by atoms with E-state index >= 15 is 0 Å². The Bertz CT molecular complexity index is 580. The zero-order chi connectivity index (χ0) is 17.7. The summed E-state index contributed by atoms with van der Waals surface area (Å²) >= 11 is 0. The molecule has 1 spiro atoms. The van der Waals surface area contributed by atoms with E-state index in [1.54, 1.807) is 0 Å². The summed E-state index contributed by atoms with van der Waals surface area (Å²) in [5.74, 6) is 0.628. The van der Waals surface area contributed by atoms with Crippen LogP contribution < -0.4 is 5.32 Å². The van der Waals surface area contributed by atoms with Crippen molar-refractivity contribution in [1.82, 2.24) is 9.78 Å². The van der Waals surface area contributed by atoms with Crippen LogP contribution in [0.5, 0.6) is 0 Å². The first-order chi connectivity index (χ1) is 11.6. The van der Waals surface area contributed by atoms with Gasteiger partial charge in [-0.2, -0.15) is 5.10 Å². The predicted octanol–water partition coefficient (Wildman–Crippen LogP) is 3.14. The highest BCUT2D eigenvalue weighted by Gasteiger charge is 2.41. The lowest BCUT2D eigenvalue weighted by Gasteiger charge is -2.35. The third-order valence-electron chi connectivity index (χ3n) is 4.59. The highest BCUT2D eigenvalue weighted by Crippen LogP contribution is 2.41. The lowest BCUT2D eigenvalue weighted by molar-refractivity contribution is -0.181. The molecule has 1 saturated carbocycles. The van der Waals surface area contributed by atoms with Crippen LogP contribution in [0.15, 0.2) is 4.99 Å². The summed E-state index contributed by atoms with van der Waals surface area (Å²) in [6, 6.07) is 0.283. The number of anilines is 1. The number of rotatable bonds is 3. The molecule has 1 aliphatic heterocycles. The topological polar surface area (TPSA) is 84.5 Å². The summed E-state index contributed by atoms with van der Waals surface area (Å²) in [5, 5.41) is 15.8. The molecule has 0 atom stereocenters. The van der Waals surface area contributed by atoms with Gasteiger partial charge < -0.3 is 14.8 Å². The summed E-state index contributed by atoms with van der Waals surface area (Å²) in [7, 11) is 1.85. The average Bonchev–Trinajstić information content (AvgIpc) is 3.21. The fraction of sp³-hybridized carbons (Fsp3) is 0.706. The Morgan fingerprint density at radius 3 is 2.42 bits per heavy atom. The Hall–Kier alpha value is -1.73. The van der Waals surface area contributed by atoms with E-state index in [0.29, 0.717) is 13.2 Å². The molecule has 0 bridgehead atoms. The molecule has 1 aromatic heterocycles. The maximum Gasteiger partial charge on any atom is 0.168 e. The second-order valence-corrected chi connectivity index (χ2v) is 5.85.